The number of imide groups is 1. The SMILES string of the molecule is CCOC(=O)[C@H]1CCCN([C@@H]2CC(=O)N(c3ccc(Oc4ccccc4)cc3)C2=O)C1. The Kier molecular flexibility index (Phi) is 6.32. The van der Waals surface area contributed by atoms with Gasteiger partial charge < -0.3 is 9.47 Å². The molecule has 7 heteroatoms. The van der Waals surface area contributed by atoms with Gasteiger partial charge in [0, 0.05) is 6.54 Å². The molecule has 2 aromatic carbocycles. The average Bonchev–Trinajstić information content (AvgIpc) is 3.09. The summed E-state index contributed by atoms with van der Waals surface area (Å²) in [6.07, 6.45) is 1.67. The molecular weight excluding hydrogens is 396 g/mol. The summed E-state index contributed by atoms with van der Waals surface area (Å²) in [6.45, 7) is 3.26. The molecule has 2 heterocycles. The number of rotatable bonds is 6. The van der Waals surface area contributed by atoms with Crippen molar-refractivity contribution in [3.8, 4) is 11.5 Å². The summed E-state index contributed by atoms with van der Waals surface area (Å²) in [5.74, 6) is 0.384. The number of hydrogen-bond acceptors (Lipinski definition) is 6. The number of anilines is 1. The zero-order valence-electron chi connectivity index (χ0n) is 17.5. The fourth-order valence-corrected chi connectivity index (χ4v) is 4.20. The van der Waals surface area contributed by atoms with Crippen LogP contribution in [0.25, 0.3) is 0 Å². The minimum absolute atomic E-state index is 0.122. The molecule has 31 heavy (non-hydrogen) atoms. The summed E-state index contributed by atoms with van der Waals surface area (Å²) in [6, 6.07) is 15.8. The molecule has 0 unspecified atom stereocenters. The number of nitrogens with zero attached hydrogens (tertiary/aromatic N) is 2. The third kappa shape index (κ3) is 4.61. The molecule has 0 spiro atoms. The largest absolute Gasteiger partial charge is 0.466 e. The lowest BCUT2D eigenvalue weighted by Crippen LogP contribution is -2.48. The Bertz CT molecular complexity index is 944. The summed E-state index contributed by atoms with van der Waals surface area (Å²) in [5, 5.41) is 0. The molecule has 2 saturated heterocycles. The number of piperidine rings is 1. The molecule has 2 aliphatic rings. The first-order chi connectivity index (χ1) is 15.1. The molecule has 0 aliphatic carbocycles. The number of amides is 2. The van der Waals surface area contributed by atoms with E-state index in [9.17, 15) is 14.4 Å². The standard InChI is InChI=1S/C24H26N2O5/c1-2-30-24(29)17-7-6-14-25(16-17)21-15-22(27)26(23(21)28)18-10-12-20(13-11-18)31-19-8-4-3-5-9-19/h3-5,8-13,17,21H,2,6-7,14-16H2,1H3/t17-,21+/m0/s1. The van der Waals surface area contributed by atoms with Crippen molar-refractivity contribution in [3.05, 3.63) is 54.6 Å². The smallest absolute Gasteiger partial charge is 0.310 e. The minimum atomic E-state index is -0.537. The Balaban J connectivity index is 1.44. The fourth-order valence-electron chi connectivity index (χ4n) is 4.20. The quantitative estimate of drug-likeness (QED) is 0.525. The highest BCUT2D eigenvalue weighted by atomic mass is 16.5. The van der Waals surface area contributed by atoms with E-state index in [2.05, 4.69) is 0 Å². The van der Waals surface area contributed by atoms with Crippen LogP contribution < -0.4 is 9.64 Å². The van der Waals surface area contributed by atoms with Gasteiger partial charge in [0.1, 0.15) is 11.5 Å². The second kappa shape index (κ2) is 9.31. The van der Waals surface area contributed by atoms with Crippen LogP contribution in [0.15, 0.2) is 54.6 Å². The maximum Gasteiger partial charge on any atom is 0.310 e. The first kappa shape index (κ1) is 21.1. The van der Waals surface area contributed by atoms with E-state index in [4.69, 9.17) is 9.47 Å². The molecule has 2 aromatic rings. The van der Waals surface area contributed by atoms with Crippen LogP contribution >= 0.6 is 0 Å². The van der Waals surface area contributed by atoms with Crippen molar-refractivity contribution < 1.29 is 23.9 Å². The van der Waals surface area contributed by atoms with Gasteiger partial charge in [-0.05, 0) is 62.7 Å². The van der Waals surface area contributed by atoms with Crippen LogP contribution in [0, 0.1) is 5.92 Å². The number of esters is 1. The van der Waals surface area contributed by atoms with Crippen LogP contribution in [0.1, 0.15) is 26.2 Å². The van der Waals surface area contributed by atoms with E-state index in [1.165, 1.54) is 4.90 Å². The van der Waals surface area contributed by atoms with Crippen molar-refractivity contribution in [1.29, 1.82) is 0 Å². The van der Waals surface area contributed by atoms with Gasteiger partial charge in [-0.2, -0.15) is 0 Å². The number of carbonyl (C=O) groups excluding carboxylic acids is 3. The van der Waals surface area contributed by atoms with E-state index in [1.807, 2.05) is 35.2 Å². The molecule has 4 rings (SSSR count). The molecule has 0 aromatic heterocycles. The van der Waals surface area contributed by atoms with E-state index in [1.54, 1.807) is 31.2 Å². The second-order valence-corrected chi connectivity index (χ2v) is 7.78. The number of hydrogen-bond donors (Lipinski definition) is 0. The van der Waals surface area contributed by atoms with Gasteiger partial charge in [0.05, 0.1) is 30.7 Å². The lowest BCUT2D eigenvalue weighted by atomic mass is 9.96. The summed E-state index contributed by atoms with van der Waals surface area (Å²) >= 11 is 0. The Morgan fingerprint density at radius 3 is 2.45 bits per heavy atom. The van der Waals surface area contributed by atoms with Gasteiger partial charge in [0.15, 0.2) is 0 Å². The molecule has 0 bridgehead atoms. The van der Waals surface area contributed by atoms with Crippen LogP contribution in [0.3, 0.4) is 0 Å². The molecule has 0 N–H and O–H groups in total. The molecule has 2 atom stereocenters. The normalized spacial score (nSPS) is 21.9. The number of carbonyl (C=O) groups is 3. The first-order valence-corrected chi connectivity index (χ1v) is 10.7. The van der Waals surface area contributed by atoms with Crippen LogP contribution in [-0.2, 0) is 19.1 Å². The predicted molar refractivity (Wildman–Crippen MR) is 115 cm³/mol. The van der Waals surface area contributed by atoms with Crippen LogP contribution in [0.4, 0.5) is 5.69 Å². The van der Waals surface area contributed by atoms with Crippen LogP contribution in [0.2, 0.25) is 0 Å². The minimum Gasteiger partial charge on any atom is -0.466 e. The van der Waals surface area contributed by atoms with Gasteiger partial charge in [0.25, 0.3) is 5.91 Å². The lowest BCUT2D eigenvalue weighted by molar-refractivity contribution is -0.150. The fraction of sp³-hybridized carbons (Fsp3) is 0.375. The number of benzene rings is 2. The van der Waals surface area contributed by atoms with E-state index in [-0.39, 0.29) is 30.1 Å². The second-order valence-electron chi connectivity index (χ2n) is 7.78. The first-order valence-electron chi connectivity index (χ1n) is 10.7. The van der Waals surface area contributed by atoms with Gasteiger partial charge in [-0.3, -0.25) is 19.3 Å². The van der Waals surface area contributed by atoms with Gasteiger partial charge in [-0.25, -0.2) is 4.90 Å². The summed E-state index contributed by atoms with van der Waals surface area (Å²) in [5.41, 5.74) is 0.525. The van der Waals surface area contributed by atoms with Crippen LogP contribution in [-0.4, -0.2) is 48.4 Å². The monoisotopic (exact) mass is 422 g/mol. The molecule has 0 saturated carbocycles. The zero-order valence-corrected chi connectivity index (χ0v) is 17.5. The van der Waals surface area contributed by atoms with Crippen molar-refractivity contribution in [2.24, 2.45) is 5.92 Å². The van der Waals surface area contributed by atoms with Gasteiger partial charge in [-0.15, -0.1) is 0 Å². The topological polar surface area (TPSA) is 76.2 Å². The lowest BCUT2D eigenvalue weighted by Gasteiger charge is -2.34. The number of likely N-dealkylation sites (tertiary alicyclic amines) is 1. The van der Waals surface area contributed by atoms with Crippen molar-refractivity contribution >= 4 is 23.5 Å². The van der Waals surface area contributed by atoms with E-state index in [0.717, 1.165) is 12.8 Å². The Hall–Kier alpha value is -3.19. The van der Waals surface area contributed by atoms with E-state index in [0.29, 0.717) is 36.9 Å². The maximum atomic E-state index is 13.1. The highest BCUT2D eigenvalue weighted by molar-refractivity contribution is 6.22. The highest BCUT2D eigenvalue weighted by Crippen LogP contribution is 2.31. The van der Waals surface area contributed by atoms with Crippen molar-refractivity contribution in [2.45, 2.75) is 32.2 Å². The zero-order chi connectivity index (χ0) is 21.8. The van der Waals surface area contributed by atoms with Crippen molar-refractivity contribution in [1.82, 2.24) is 4.90 Å². The predicted octanol–water partition coefficient (Wildman–Crippen LogP) is 3.39. The summed E-state index contributed by atoms with van der Waals surface area (Å²) in [4.78, 5) is 41.1. The third-order valence-electron chi connectivity index (χ3n) is 5.71. The highest BCUT2D eigenvalue weighted by Gasteiger charge is 2.44. The number of para-hydroxylation sites is 1. The Labute approximate surface area is 181 Å². The summed E-state index contributed by atoms with van der Waals surface area (Å²) < 4.78 is 10.9. The molecule has 2 aliphatic heterocycles. The van der Waals surface area contributed by atoms with Crippen molar-refractivity contribution in [3.63, 3.8) is 0 Å². The number of ether oxygens (including phenoxy) is 2. The summed E-state index contributed by atoms with van der Waals surface area (Å²) in [7, 11) is 0. The average molecular weight is 422 g/mol. The molecule has 0 radical (unpaired) electrons. The van der Waals surface area contributed by atoms with E-state index < -0.39 is 6.04 Å². The Morgan fingerprint density at radius 2 is 1.74 bits per heavy atom. The van der Waals surface area contributed by atoms with Gasteiger partial charge in [-0.1, -0.05) is 18.2 Å². The van der Waals surface area contributed by atoms with E-state index >= 15 is 0 Å². The van der Waals surface area contributed by atoms with Gasteiger partial charge >= 0.3 is 5.97 Å². The molecular formula is C24H26N2O5. The molecule has 7 nitrogen and oxygen atoms in total. The van der Waals surface area contributed by atoms with Crippen LogP contribution in [0.5, 0.6) is 11.5 Å². The van der Waals surface area contributed by atoms with Gasteiger partial charge in [0.2, 0.25) is 5.91 Å². The third-order valence-corrected chi connectivity index (χ3v) is 5.71. The molecule has 162 valence electrons. The Morgan fingerprint density at radius 1 is 1.03 bits per heavy atom. The van der Waals surface area contributed by atoms with Crippen molar-refractivity contribution in [2.75, 3.05) is 24.6 Å². The molecule has 2 fully saturated rings. The molecule has 2 amide bonds. The maximum absolute atomic E-state index is 13.1.